The van der Waals surface area contributed by atoms with Crippen LogP contribution in [0.15, 0.2) is 54.6 Å². The van der Waals surface area contributed by atoms with Crippen LogP contribution in [-0.4, -0.2) is 39.6 Å². The second-order valence-electron chi connectivity index (χ2n) is 6.76. The van der Waals surface area contributed by atoms with Gasteiger partial charge in [0.2, 0.25) is 0 Å². The molecule has 0 unspecified atom stereocenters. The predicted octanol–water partition coefficient (Wildman–Crippen LogP) is 3.90. The summed E-state index contributed by atoms with van der Waals surface area (Å²) in [7, 11) is 0. The Labute approximate surface area is 145 Å². The predicted molar refractivity (Wildman–Crippen MR) is 94.8 cm³/mol. The van der Waals surface area contributed by atoms with Crippen LogP contribution in [0.3, 0.4) is 0 Å². The molecule has 1 heterocycles. The average molecular weight is 332 g/mol. The number of hydrogen-bond acceptors (Lipinski definition) is 4. The monoisotopic (exact) mass is 332 g/mol. The fourth-order valence-corrected chi connectivity index (χ4v) is 2.49. The van der Waals surface area contributed by atoms with Crippen LogP contribution in [-0.2, 0) is 18.9 Å². The minimum atomic E-state index is -0.332. The molecule has 132 valence electrons. The van der Waals surface area contributed by atoms with Crippen molar-refractivity contribution in [3.8, 4) is 0 Å². The Morgan fingerprint density at radius 3 is 1.96 bits per heavy atom. The molecule has 0 saturated carbocycles. The summed E-state index contributed by atoms with van der Waals surface area (Å²) in [6.07, 6.45) is -0.332. The van der Waals surface area contributed by atoms with Crippen LogP contribution in [0.5, 0.6) is 0 Å². The topological polar surface area (TPSA) is 36.9 Å². The molecule has 0 radical (unpaired) electrons. The smallest absolute Gasteiger partial charge is 0.183 e. The van der Waals surface area contributed by atoms with Gasteiger partial charge in [-0.05, 0) is 13.8 Å². The molecular formula is C20H28O4. The van der Waals surface area contributed by atoms with Crippen LogP contribution in [0.2, 0.25) is 0 Å². The molecule has 0 amide bonds. The van der Waals surface area contributed by atoms with E-state index in [1.165, 1.54) is 0 Å². The number of hydrogen-bond donors (Lipinski definition) is 0. The van der Waals surface area contributed by atoms with Crippen molar-refractivity contribution in [3.05, 3.63) is 60.2 Å². The average Bonchev–Trinajstić information content (AvgIpc) is 2.56. The van der Waals surface area contributed by atoms with Gasteiger partial charge in [0.25, 0.3) is 0 Å². The minimum Gasteiger partial charge on any atom is -0.376 e. The highest BCUT2D eigenvalue weighted by molar-refractivity contribution is 5.16. The van der Waals surface area contributed by atoms with Gasteiger partial charge in [0.15, 0.2) is 6.29 Å². The van der Waals surface area contributed by atoms with Gasteiger partial charge < -0.3 is 18.9 Å². The van der Waals surface area contributed by atoms with Crippen molar-refractivity contribution in [3.63, 3.8) is 0 Å². The van der Waals surface area contributed by atoms with Crippen molar-refractivity contribution in [2.45, 2.75) is 20.1 Å². The van der Waals surface area contributed by atoms with Gasteiger partial charge >= 0.3 is 0 Å². The quantitative estimate of drug-likeness (QED) is 0.643. The van der Waals surface area contributed by atoms with Crippen molar-refractivity contribution in [1.82, 2.24) is 0 Å². The summed E-state index contributed by atoms with van der Waals surface area (Å²) in [4.78, 5) is 0. The van der Waals surface area contributed by atoms with E-state index in [1.807, 2.05) is 44.2 Å². The molecule has 4 nitrogen and oxygen atoms in total. The molecule has 4 heteroatoms. The van der Waals surface area contributed by atoms with E-state index in [-0.39, 0.29) is 11.7 Å². The molecule has 2 rings (SSSR count). The molecule has 1 aromatic carbocycles. The molecule has 1 saturated heterocycles. The lowest BCUT2D eigenvalue weighted by Crippen LogP contribution is -2.46. The molecular weight excluding hydrogens is 304 g/mol. The molecule has 0 atom stereocenters. The summed E-state index contributed by atoms with van der Waals surface area (Å²) in [6.45, 7) is 14.8. The molecule has 0 aliphatic carbocycles. The third-order valence-electron chi connectivity index (χ3n) is 3.67. The molecule has 1 aliphatic heterocycles. The highest BCUT2D eigenvalue weighted by Crippen LogP contribution is 2.32. The first-order valence-corrected chi connectivity index (χ1v) is 8.23. The van der Waals surface area contributed by atoms with Crippen molar-refractivity contribution in [2.24, 2.45) is 5.41 Å². The summed E-state index contributed by atoms with van der Waals surface area (Å²) in [6, 6.07) is 9.96. The Morgan fingerprint density at radius 2 is 1.50 bits per heavy atom. The fourth-order valence-electron chi connectivity index (χ4n) is 2.49. The van der Waals surface area contributed by atoms with Crippen LogP contribution < -0.4 is 0 Å². The van der Waals surface area contributed by atoms with Crippen LogP contribution in [0, 0.1) is 5.41 Å². The van der Waals surface area contributed by atoms with E-state index in [1.54, 1.807) is 0 Å². The van der Waals surface area contributed by atoms with Gasteiger partial charge in [0, 0.05) is 5.56 Å². The van der Waals surface area contributed by atoms with Gasteiger partial charge in [-0.2, -0.15) is 0 Å². The third kappa shape index (κ3) is 5.87. The molecule has 0 spiro atoms. The zero-order valence-corrected chi connectivity index (χ0v) is 14.8. The summed E-state index contributed by atoms with van der Waals surface area (Å²) in [5.41, 5.74) is 2.70. The lowest BCUT2D eigenvalue weighted by Gasteiger charge is -2.39. The maximum atomic E-state index is 5.97. The maximum Gasteiger partial charge on any atom is 0.183 e. The van der Waals surface area contributed by atoms with E-state index in [9.17, 15) is 0 Å². The van der Waals surface area contributed by atoms with Crippen LogP contribution in [0.4, 0.5) is 0 Å². The summed E-state index contributed by atoms with van der Waals surface area (Å²) >= 11 is 0. The SMILES string of the molecule is C=C(C)COCC1(COCC(=C)C)COC(c2ccccc2)OC1. The standard InChI is InChI=1S/C20H28O4/c1-16(2)10-21-12-20(13-22-11-17(3)4)14-23-19(24-15-20)18-8-6-5-7-9-18/h5-9,19H,1,3,10-15H2,2,4H3. The molecule has 1 aliphatic rings. The number of benzene rings is 1. The second kappa shape index (κ2) is 9.14. The Bertz CT molecular complexity index is 508. The Hall–Kier alpha value is -1.46. The van der Waals surface area contributed by atoms with Crippen molar-refractivity contribution in [2.75, 3.05) is 39.6 Å². The van der Waals surface area contributed by atoms with Gasteiger partial charge in [-0.15, -0.1) is 0 Å². The summed E-state index contributed by atoms with van der Waals surface area (Å²) in [5, 5.41) is 0. The Morgan fingerprint density at radius 1 is 1.00 bits per heavy atom. The van der Waals surface area contributed by atoms with Gasteiger partial charge in [0.05, 0.1) is 45.1 Å². The highest BCUT2D eigenvalue weighted by atomic mass is 16.7. The van der Waals surface area contributed by atoms with Crippen LogP contribution >= 0.6 is 0 Å². The first kappa shape index (κ1) is 18.9. The normalized spacial score (nSPS) is 17.6. The number of ether oxygens (including phenoxy) is 4. The third-order valence-corrected chi connectivity index (χ3v) is 3.67. The van der Waals surface area contributed by atoms with E-state index in [0.29, 0.717) is 39.6 Å². The molecule has 0 bridgehead atoms. The van der Waals surface area contributed by atoms with E-state index >= 15 is 0 Å². The zero-order valence-electron chi connectivity index (χ0n) is 14.8. The van der Waals surface area contributed by atoms with Crippen LogP contribution in [0.25, 0.3) is 0 Å². The first-order chi connectivity index (χ1) is 11.5. The Balaban J connectivity index is 1.94. The van der Waals surface area contributed by atoms with Crippen molar-refractivity contribution >= 4 is 0 Å². The van der Waals surface area contributed by atoms with Crippen LogP contribution in [0.1, 0.15) is 25.7 Å². The molecule has 24 heavy (non-hydrogen) atoms. The van der Waals surface area contributed by atoms with Crippen molar-refractivity contribution in [1.29, 1.82) is 0 Å². The zero-order chi connectivity index (χ0) is 17.4. The van der Waals surface area contributed by atoms with Gasteiger partial charge in [-0.25, -0.2) is 0 Å². The summed E-state index contributed by atoms with van der Waals surface area (Å²) < 4.78 is 23.5. The molecule has 1 aromatic rings. The lowest BCUT2D eigenvalue weighted by molar-refractivity contribution is -0.253. The number of rotatable bonds is 9. The van der Waals surface area contributed by atoms with Crippen molar-refractivity contribution < 1.29 is 18.9 Å². The highest BCUT2D eigenvalue weighted by Gasteiger charge is 2.38. The van der Waals surface area contributed by atoms with Gasteiger partial charge in [-0.3, -0.25) is 0 Å². The maximum absolute atomic E-state index is 5.97. The largest absolute Gasteiger partial charge is 0.376 e. The van der Waals surface area contributed by atoms with E-state index in [0.717, 1.165) is 16.7 Å². The lowest BCUT2D eigenvalue weighted by atomic mass is 9.91. The second-order valence-corrected chi connectivity index (χ2v) is 6.76. The van der Waals surface area contributed by atoms with Gasteiger partial charge in [0.1, 0.15) is 0 Å². The first-order valence-electron chi connectivity index (χ1n) is 8.23. The minimum absolute atomic E-state index is 0.309. The van der Waals surface area contributed by atoms with E-state index < -0.39 is 0 Å². The van der Waals surface area contributed by atoms with Gasteiger partial charge in [-0.1, -0.05) is 54.6 Å². The molecule has 0 aromatic heterocycles. The summed E-state index contributed by atoms with van der Waals surface area (Å²) in [5.74, 6) is 0. The fraction of sp³-hybridized carbons (Fsp3) is 0.500. The van der Waals surface area contributed by atoms with E-state index in [2.05, 4.69) is 13.2 Å². The van der Waals surface area contributed by atoms with E-state index in [4.69, 9.17) is 18.9 Å². The molecule has 0 N–H and O–H groups in total. The molecule has 1 fully saturated rings. The Kier molecular flexibility index (Phi) is 7.18.